The van der Waals surface area contributed by atoms with Gasteiger partial charge in [0.05, 0.1) is 18.9 Å². The maximum atomic E-state index is 9.36. The summed E-state index contributed by atoms with van der Waals surface area (Å²) in [5.74, 6) is 0.761. The molecule has 2 aromatic rings. The third kappa shape index (κ3) is 3.38. The summed E-state index contributed by atoms with van der Waals surface area (Å²) in [7, 11) is 1.50. The number of nitrogens with zero attached hydrogens (tertiary/aromatic N) is 3. The van der Waals surface area contributed by atoms with Crippen LogP contribution in [0.2, 0.25) is 5.02 Å². The zero-order chi connectivity index (χ0) is 17.1. The number of halogens is 1. The van der Waals surface area contributed by atoms with Gasteiger partial charge in [0.2, 0.25) is 5.95 Å². The SMILES string of the molecule is COc1cc(Cl)cc(-c2nc(N)nc(N)c2C#N)c1OC(C)C. The van der Waals surface area contributed by atoms with Gasteiger partial charge in [-0.25, -0.2) is 4.98 Å². The summed E-state index contributed by atoms with van der Waals surface area (Å²) in [6.45, 7) is 3.73. The van der Waals surface area contributed by atoms with Crippen LogP contribution in [-0.2, 0) is 0 Å². The Morgan fingerprint density at radius 3 is 2.52 bits per heavy atom. The van der Waals surface area contributed by atoms with Crippen LogP contribution in [0.4, 0.5) is 11.8 Å². The molecule has 1 aromatic carbocycles. The molecular formula is C15H16ClN5O2. The molecule has 0 radical (unpaired) electrons. The quantitative estimate of drug-likeness (QED) is 0.882. The standard InChI is InChI=1S/C15H16ClN5O2/c1-7(2)23-13-9(4-8(16)5-11(13)22-3)12-10(6-17)14(18)21-15(19)20-12/h4-5,7H,1-3H3,(H4,18,19,20,21). The van der Waals surface area contributed by atoms with Gasteiger partial charge < -0.3 is 20.9 Å². The summed E-state index contributed by atoms with van der Waals surface area (Å²) in [5, 5.41) is 9.76. The van der Waals surface area contributed by atoms with Crippen molar-refractivity contribution in [2.75, 3.05) is 18.6 Å². The molecule has 0 atom stereocenters. The van der Waals surface area contributed by atoms with E-state index in [1.807, 2.05) is 19.9 Å². The minimum atomic E-state index is -0.133. The third-order valence-electron chi connectivity index (χ3n) is 2.91. The maximum absolute atomic E-state index is 9.36. The molecule has 0 aliphatic rings. The molecule has 23 heavy (non-hydrogen) atoms. The second-order valence-electron chi connectivity index (χ2n) is 4.95. The van der Waals surface area contributed by atoms with Crippen molar-refractivity contribution in [1.29, 1.82) is 5.26 Å². The summed E-state index contributed by atoms with van der Waals surface area (Å²) in [5.41, 5.74) is 12.2. The Labute approximate surface area is 138 Å². The highest BCUT2D eigenvalue weighted by Crippen LogP contribution is 2.42. The first-order valence-corrected chi connectivity index (χ1v) is 7.12. The molecule has 0 amide bonds. The number of methoxy groups -OCH3 is 1. The fourth-order valence-corrected chi connectivity index (χ4v) is 2.26. The van der Waals surface area contributed by atoms with E-state index in [-0.39, 0.29) is 29.1 Å². The Hall–Kier alpha value is -2.72. The minimum Gasteiger partial charge on any atom is -0.493 e. The Kier molecular flexibility index (Phi) is 4.77. The summed E-state index contributed by atoms with van der Waals surface area (Å²) < 4.78 is 11.1. The van der Waals surface area contributed by atoms with Gasteiger partial charge in [-0.1, -0.05) is 11.6 Å². The summed E-state index contributed by atoms with van der Waals surface area (Å²) in [6, 6.07) is 5.21. The van der Waals surface area contributed by atoms with E-state index in [2.05, 4.69) is 9.97 Å². The van der Waals surface area contributed by atoms with Crippen molar-refractivity contribution < 1.29 is 9.47 Å². The predicted molar refractivity (Wildman–Crippen MR) is 88.3 cm³/mol. The van der Waals surface area contributed by atoms with Gasteiger partial charge in [0.15, 0.2) is 11.5 Å². The van der Waals surface area contributed by atoms with Crippen molar-refractivity contribution in [2.45, 2.75) is 20.0 Å². The first kappa shape index (κ1) is 16.6. The maximum Gasteiger partial charge on any atom is 0.222 e. The van der Waals surface area contributed by atoms with Crippen LogP contribution in [-0.4, -0.2) is 23.2 Å². The van der Waals surface area contributed by atoms with Crippen LogP contribution in [0.5, 0.6) is 11.5 Å². The van der Waals surface area contributed by atoms with Crippen molar-refractivity contribution in [3.05, 3.63) is 22.7 Å². The van der Waals surface area contributed by atoms with Crippen LogP contribution in [0, 0.1) is 11.3 Å². The number of benzene rings is 1. The molecule has 8 heteroatoms. The lowest BCUT2D eigenvalue weighted by Gasteiger charge is -2.18. The Morgan fingerprint density at radius 2 is 1.96 bits per heavy atom. The van der Waals surface area contributed by atoms with E-state index in [0.29, 0.717) is 22.1 Å². The number of hydrogen-bond donors (Lipinski definition) is 2. The monoisotopic (exact) mass is 333 g/mol. The fraction of sp³-hybridized carbons (Fsp3) is 0.267. The minimum absolute atomic E-state index is 0.00978. The second-order valence-corrected chi connectivity index (χ2v) is 5.39. The van der Waals surface area contributed by atoms with Crippen LogP contribution < -0.4 is 20.9 Å². The molecule has 1 aromatic heterocycles. The van der Waals surface area contributed by atoms with Gasteiger partial charge in [-0.3, -0.25) is 0 Å². The molecule has 1 heterocycles. The molecule has 0 aliphatic carbocycles. The topological polar surface area (TPSA) is 120 Å². The second kappa shape index (κ2) is 6.58. The average molecular weight is 334 g/mol. The van der Waals surface area contributed by atoms with Gasteiger partial charge >= 0.3 is 0 Å². The smallest absolute Gasteiger partial charge is 0.222 e. The van der Waals surface area contributed by atoms with Crippen LogP contribution >= 0.6 is 11.6 Å². The Morgan fingerprint density at radius 1 is 1.26 bits per heavy atom. The first-order valence-electron chi connectivity index (χ1n) is 6.75. The van der Waals surface area contributed by atoms with E-state index < -0.39 is 0 Å². The number of nitrogens with two attached hydrogens (primary N) is 2. The fourth-order valence-electron chi connectivity index (χ4n) is 2.05. The van der Waals surface area contributed by atoms with E-state index in [0.717, 1.165) is 0 Å². The lowest BCUT2D eigenvalue weighted by molar-refractivity contribution is 0.231. The molecular weight excluding hydrogens is 318 g/mol. The number of aromatic nitrogens is 2. The summed E-state index contributed by atoms with van der Waals surface area (Å²) in [6.07, 6.45) is -0.133. The molecule has 0 spiro atoms. The Balaban J connectivity index is 2.82. The molecule has 7 nitrogen and oxygen atoms in total. The van der Waals surface area contributed by atoms with E-state index >= 15 is 0 Å². The lowest BCUT2D eigenvalue weighted by Crippen LogP contribution is -2.10. The molecule has 0 saturated heterocycles. The van der Waals surface area contributed by atoms with E-state index in [1.54, 1.807) is 12.1 Å². The van der Waals surface area contributed by atoms with E-state index in [4.69, 9.17) is 32.5 Å². The van der Waals surface area contributed by atoms with Crippen molar-refractivity contribution >= 4 is 23.4 Å². The molecule has 2 rings (SSSR count). The number of nitriles is 1. The highest BCUT2D eigenvalue weighted by Gasteiger charge is 2.21. The van der Waals surface area contributed by atoms with Crippen molar-refractivity contribution in [2.24, 2.45) is 0 Å². The van der Waals surface area contributed by atoms with Gasteiger partial charge in [-0.2, -0.15) is 10.2 Å². The Bertz CT molecular complexity index is 786. The van der Waals surface area contributed by atoms with Gasteiger partial charge in [0.25, 0.3) is 0 Å². The molecule has 0 fully saturated rings. The highest BCUT2D eigenvalue weighted by atomic mass is 35.5. The van der Waals surface area contributed by atoms with Crippen LogP contribution in [0.3, 0.4) is 0 Å². The van der Waals surface area contributed by atoms with Crippen LogP contribution in [0.25, 0.3) is 11.3 Å². The molecule has 120 valence electrons. The number of anilines is 2. The number of rotatable bonds is 4. The molecule has 0 saturated carbocycles. The zero-order valence-electron chi connectivity index (χ0n) is 12.9. The van der Waals surface area contributed by atoms with E-state index in [1.165, 1.54) is 7.11 Å². The van der Waals surface area contributed by atoms with Crippen molar-refractivity contribution in [3.63, 3.8) is 0 Å². The number of ether oxygens (including phenoxy) is 2. The zero-order valence-corrected chi connectivity index (χ0v) is 13.7. The average Bonchev–Trinajstić information content (AvgIpc) is 2.47. The van der Waals surface area contributed by atoms with Crippen molar-refractivity contribution in [3.8, 4) is 28.8 Å². The molecule has 0 bridgehead atoms. The molecule has 0 unspecified atom stereocenters. The van der Waals surface area contributed by atoms with Gasteiger partial charge in [-0.05, 0) is 19.9 Å². The lowest BCUT2D eigenvalue weighted by atomic mass is 10.0. The number of hydrogen-bond acceptors (Lipinski definition) is 7. The predicted octanol–water partition coefficient (Wildman–Crippen LogP) is 2.63. The largest absolute Gasteiger partial charge is 0.493 e. The van der Waals surface area contributed by atoms with Gasteiger partial charge in [-0.15, -0.1) is 0 Å². The van der Waals surface area contributed by atoms with Crippen molar-refractivity contribution in [1.82, 2.24) is 9.97 Å². The van der Waals surface area contributed by atoms with Gasteiger partial charge in [0.1, 0.15) is 17.5 Å². The molecule has 0 aliphatic heterocycles. The van der Waals surface area contributed by atoms with Crippen LogP contribution in [0.15, 0.2) is 12.1 Å². The van der Waals surface area contributed by atoms with Crippen LogP contribution in [0.1, 0.15) is 19.4 Å². The summed E-state index contributed by atoms with van der Waals surface area (Å²) >= 11 is 6.14. The van der Waals surface area contributed by atoms with E-state index in [9.17, 15) is 5.26 Å². The number of nitrogen functional groups attached to an aromatic ring is 2. The highest BCUT2D eigenvalue weighted by molar-refractivity contribution is 6.31. The first-order chi connectivity index (χ1) is 10.9. The molecule has 4 N–H and O–H groups in total. The third-order valence-corrected chi connectivity index (χ3v) is 3.13. The summed E-state index contributed by atoms with van der Waals surface area (Å²) in [4.78, 5) is 7.93. The normalized spacial score (nSPS) is 10.4. The van der Waals surface area contributed by atoms with Gasteiger partial charge in [0, 0.05) is 16.7 Å².